The van der Waals surface area contributed by atoms with Crippen LogP contribution in [0.1, 0.15) is 24.4 Å². The molecule has 1 aromatic carbocycles. The van der Waals surface area contributed by atoms with E-state index in [9.17, 15) is 0 Å². The maximum absolute atomic E-state index is 6.01. The Labute approximate surface area is 133 Å². The van der Waals surface area contributed by atoms with E-state index in [2.05, 4.69) is 27.4 Å². The smallest absolute Gasteiger partial charge is 0.123 e. The summed E-state index contributed by atoms with van der Waals surface area (Å²) in [6, 6.07) is 10.2. The predicted octanol–water partition coefficient (Wildman–Crippen LogP) is 2.73. The van der Waals surface area contributed by atoms with Crippen LogP contribution in [0.3, 0.4) is 0 Å². The molecule has 5 nitrogen and oxygen atoms in total. The minimum absolute atomic E-state index is 0.272. The molecule has 6 heteroatoms. The van der Waals surface area contributed by atoms with Gasteiger partial charge in [0.15, 0.2) is 0 Å². The normalized spacial score (nSPS) is 11.8. The van der Waals surface area contributed by atoms with E-state index in [0.29, 0.717) is 13.0 Å². The van der Waals surface area contributed by atoms with Gasteiger partial charge in [0.1, 0.15) is 5.01 Å². The molecule has 0 amide bonds. The van der Waals surface area contributed by atoms with Crippen LogP contribution in [0.4, 0.5) is 0 Å². The van der Waals surface area contributed by atoms with Crippen LogP contribution in [-0.4, -0.2) is 25.5 Å². The van der Waals surface area contributed by atoms with E-state index in [4.69, 9.17) is 5.73 Å². The van der Waals surface area contributed by atoms with Crippen molar-refractivity contribution in [2.24, 2.45) is 5.73 Å². The number of nitrogens with two attached hydrogens (primary N) is 1. The zero-order valence-corrected chi connectivity index (χ0v) is 13.5. The Balaban J connectivity index is 1.71. The second-order valence-electron chi connectivity index (χ2n) is 6.07. The third-order valence-corrected chi connectivity index (χ3v) is 4.15. The summed E-state index contributed by atoms with van der Waals surface area (Å²) in [4.78, 5) is 5.64. The molecule has 3 aromatic rings. The average Bonchev–Trinajstić information content (AvgIpc) is 3.08. The van der Waals surface area contributed by atoms with Crippen LogP contribution in [0.5, 0.6) is 0 Å². The number of nitrogens with zero attached hydrogens (tertiary/aromatic N) is 4. The third-order valence-electron chi connectivity index (χ3n) is 3.11. The van der Waals surface area contributed by atoms with Crippen molar-refractivity contribution >= 4 is 11.3 Å². The molecular weight excluding hydrogens is 294 g/mol. The van der Waals surface area contributed by atoms with Gasteiger partial charge in [0, 0.05) is 34.8 Å². The predicted molar refractivity (Wildman–Crippen MR) is 88.6 cm³/mol. The standard InChI is InChI=1S/C16H19N5S/c1-16(2,17)8-13-10-21(20-19-13)11-14-9-18-15(22-14)12-6-4-3-5-7-12/h3-7,9-10H,8,11,17H2,1-2H3. The molecule has 0 spiro atoms. The summed E-state index contributed by atoms with van der Waals surface area (Å²) in [6.45, 7) is 4.66. The largest absolute Gasteiger partial charge is 0.325 e. The second-order valence-corrected chi connectivity index (χ2v) is 7.19. The highest BCUT2D eigenvalue weighted by molar-refractivity contribution is 7.15. The van der Waals surface area contributed by atoms with Gasteiger partial charge >= 0.3 is 0 Å². The van der Waals surface area contributed by atoms with E-state index >= 15 is 0 Å². The lowest BCUT2D eigenvalue weighted by molar-refractivity contribution is 0.509. The van der Waals surface area contributed by atoms with E-state index < -0.39 is 0 Å². The Morgan fingerprint density at radius 2 is 2.00 bits per heavy atom. The second kappa shape index (κ2) is 5.98. The quantitative estimate of drug-likeness (QED) is 0.786. The van der Waals surface area contributed by atoms with Crippen molar-refractivity contribution in [2.75, 3.05) is 0 Å². The van der Waals surface area contributed by atoms with Crippen LogP contribution < -0.4 is 5.73 Å². The summed E-state index contributed by atoms with van der Waals surface area (Å²) in [6.07, 6.45) is 4.57. The molecule has 0 fully saturated rings. The van der Waals surface area contributed by atoms with Gasteiger partial charge in [-0.1, -0.05) is 35.5 Å². The van der Waals surface area contributed by atoms with Gasteiger partial charge in [-0.2, -0.15) is 0 Å². The molecule has 0 radical (unpaired) electrons. The zero-order chi connectivity index (χ0) is 15.6. The third kappa shape index (κ3) is 3.78. The lowest BCUT2D eigenvalue weighted by Gasteiger charge is -2.15. The Hall–Kier alpha value is -2.05. The lowest BCUT2D eigenvalue weighted by atomic mass is 10.0. The van der Waals surface area contributed by atoms with E-state index in [1.165, 1.54) is 0 Å². The van der Waals surface area contributed by atoms with Crippen LogP contribution in [-0.2, 0) is 13.0 Å². The summed E-state index contributed by atoms with van der Waals surface area (Å²) in [5.41, 5.74) is 7.80. The van der Waals surface area contributed by atoms with Crippen molar-refractivity contribution < 1.29 is 0 Å². The molecule has 2 aromatic heterocycles. The minimum Gasteiger partial charge on any atom is -0.325 e. The molecule has 114 valence electrons. The summed E-state index contributed by atoms with van der Waals surface area (Å²) < 4.78 is 1.84. The van der Waals surface area contributed by atoms with E-state index in [-0.39, 0.29) is 5.54 Å². The van der Waals surface area contributed by atoms with Crippen molar-refractivity contribution in [3.05, 3.63) is 53.3 Å². The number of benzene rings is 1. The molecular formula is C16H19N5S. The number of hydrogen-bond acceptors (Lipinski definition) is 5. The van der Waals surface area contributed by atoms with Gasteiger partial charge in [-0.05, 0) is 13.8 Å². The van der Waals surface area contributed by atoms with E-state index in [1.54, 1.807) is 11.3 Å². The van der Waals surface area contributed by atoms with Crippen LogP contribution in [0, 0.1) is 0 Å². The summed E-state index contributed by atoms with van der Waals surface area (Å²) in [7, 11) is 0. The molecule has 0 saturated heterocycles. The molecule has 0 saturated carbocycles. The molecule has 2 N–H and O–H groups in total. The highest BCUT2D eigenvalue weighted by Gasteiger charge is 2.14. The van der Waals surface area contributed by atoms with Gasteiger partial charge in [-0.15, -0.1) is 16.4 Å². The van der Waals surface area contributed by atoms with Crippen molar-refractivity contribution in [1.82, 2.24) is 20.0 Å². The highest BCUT2D eigenvalue weighted by Crippen LogP contribution is 2.25. The molecule has 3 rings (SSSR count). The van der Waals surface area contributed by atoms with Gasteiger partial charge in [0.05, 0.1) is 12.2 Å². The van der Waals surface area contributed by atoms with E-state index in [0.717, 1.165) is 21.1 Å². The summed E-state index contributed by atoms with van der Waals surface area (Å²) in [5.74, 6) is 0. The monoisotopic (exact) mass is 313 g/mol. The molecule has 0 aliphatic rings. The fourth-order valence-electron chi connectivity index (χ4n) is 2.22. The van der Waals surface area contributed by atoms with Crippen LogP contribution in [0.2, 0.25) is 0 Å². The maximum Gasteiger partial charge on any atom is 0.123 e. The first-order chi connectivity index (χ1) is 10.5. The number of hydrogen-bond donors (Lipinski definition) is 1. The molecule has 0 aliphatic carbocycles. The van der Waals surface area contributed by atoms with Crippen molar-refractivity contribution in [3.63, 3.8) is 0 Å². The first-order valence-corrected chi connectivity index (χ1v) is 7.99. The van der Waals surface area contributed by atoms with Crippen molar-refractivity contribution in [3.8, 4) is 10.6 Å². The van der Waals surface area contributed by atoms with Crippen LogP contribution >= 0.6 is 11.3 Å². The molecule has 0 aliphatic heterocycles. The average molecular weight is 313 g/mol. The Morgan fingerprint density at radius 1 is 1.23 bits per heavy atom. The maximum atomic E-state index is 6.01. The first kappa shape index (κ1) is 14.9. The summed E-state index contributed by atoms with van der Waals surface area (Å²) in [5, 5.41) is 9.37. The molecule has 2 heterocycles. The number of thiazole rings is 1. The van der Waals surface area contributed by atoms with Crippen LogP contribution in [0.15, 0.2) is 42.7 Å². The minimum atomic E-state index is -0.272. The van der Waals surface area contributed by atoms with Gasteiger partial charge < -0.3 is 5.73 Å². The van der Waals surface area contributed by atoms with Gasteiger partial charge in [-0.25, -0.2) is 9.67 Å². The van der Waals surface area contributed by atoms with Crippen LogP contribution in [0.25, 0.3) is 10.6 Å². The molecule has 0 bridgehead atoms. The number of aromatic nitrogens is 4. The Bertz CT molecular complexity index is 739. The highest BCUT2D eigenvalue weighted by atomic mass is 32.1. The molecule has 0 unspecified atom stereocenters. The Kier molecular flexibility index (Phi) is 4.04. The summed E-state index contributed by atoms with van der Waals surface area (Å²) >= 11 is 1.68. The van der Waals surface area contributed by atoms with Crippen molar-refractivity contribution in [2.45, 2.75) is 32.4 Å². The van der Waals surface area contributed by atoms with E-state index in [1.807, 2.05) is 49.1 Å². The molecule has 0 atom stereocenters. The first-order valence-electron chi connectivity index (χ1n) is 7.18. The topological polar surface area (TPSA) is 69.6 Å². The van der Waals surface area contributed by atoms with Gasteiger partial charge in [0.2, 0.25) is 0 Å². The SMILES string of the molecule is CC(C)(N)Cc1cn(Cc2cnc(-c3ccccc3)s2)nn1. The Morgan fingerprint density at radius 3 is 2.73 bits per heavy atom. The lowest BCUT2D eigenvalue weighted by Crippen LogP contribution is -2.34. The molecule has 22 heavy (non-hydrogen) atoms. The zero-order valence-electron chi connectivity index (χ0n) is 12.7. The fourth-order valence-corrected chi connectivity index (χ4v) is 3.13. The van der Waals surface area contributed by atoms with Crippen molar-refractivity contribution in [1.29, 1.82) is 0 Å². The van der Waals surface area contributed by atoms with Gasteiger partial charge in [-0.3, -0.25) is 0 Å². The fraction of sp³-hybridized carbons (Fsp3) is 0.312. The van der Waals surface area contributed by atoms with Gasteiger partial charge in [0.25, 0.3) is 0 Å². The number of rotatable bonds is 5.